The third-order valence-electron chi connectivity index (χ3n) is 3.81. The lowest BCUT2D eigenvalue weighted by molar-refractivity contribution is -0.144. The van der Waals surface area contributed by atoms with Crippen molar-refractivity contribution in [2.45, 2.75) is 26.9 Å². The van der Waals surface area contributed by atoms with Crippen LogP contribution in [0.2, 0.25) is 0 Å². The van der Waals surface area contributed by atoms with Crippen LogP contribution in [0.1, 0.15) is 22.5 Å². The Kier molecular flexibility index (Phi) is 4.33. The number of rotatable bonds is 4. The van der Waals surface area contributed by atoms with Crippen LogP contribution in [0.15, 0.2) is 48.5 Å². The van der Waals surface area contributed by atoms with Crippen LogP contribution in [0.3, 0.4) is 0 Å². The highest BCUT2D eigenvalue weighted by Crippen LogP contribution is 2.14. The van der Waals surface area contributed by atoms with Gasteiger partial charge in [0.2, 0.25) is 0 Å². The number of benzene rings is 2. The van der Waals surface area contributed by atoms with Gasteiger partial charge in [-0.2, -0.15) is 0 Å². The fourth-order valence-electron chi connectivity index (χ4n) is 2.43. The maximum Gasteiger partial charge on any atom is 0.310 e. The Labute approximate surface area is 135 Å². The SMILES string of the molecule is Cc1ccccc1CC(=O)OCc1nc2ccccc2nc1C. The second-order valence-corrected chi connectivity index (χ2v) is 5.51. The summed E-state index contributed by atoms with van der Waals surface area (Å²) in [6.07, 6.45) is 0.271. The molecule has 0 aliphatic rings. The van der Waals surface area contributed by atoms with Crippen molar-refractivity contribution >= 4 is 17.0 Å². The van der Waals surface area contributed by atoms with Crippen LogP contribution in [-0.4, -0.2) is 15.9 Å². The Morgan fingerprint density at radius 3 is 2.35 bits per heavy atom. The van der Waals surface area contributed by atoms with Gasteiger partial charge in [0.1, 0.15) is 6.61 Å². The summed E-state index contributed by atoms with van der Waals surface area (Å²) in [6, 6.07) is 15.5. The zero-order valence-corrected chi connectivity index (χ0v) is 13.2. The molecule has 23 heavy (non-hydrogen) atoms. The van der Waals surface area contributed by atoms with Crippen LogP contribution in [0.5, 0.6) is 0 Å². The van der Waals surface area contributed by atoms with E-state index in [1.165, 1.54) is 0 Å². The minimum Gasteiger partial charge on any atom is -0.459 e. The summed E-state index contributed by atoms with van der Waals surface area (Å²) in [5.74, 6) is -0.256. The molecule has 116 valence electrons. The van der Waals surface area contributed by atoms with Gasteiger partial charge in [-0.3, -0.25) is 4.79 Å². The van der Waals surface area contributed by atoms with Crippen LogP contribution in [0.4, 0.5) is 0 Å². The second kappa shape index (κ2) is 6.57. The van der Waals surface area contributed by atoms with E-state index in [1.807, 2.05) is 62.4 Å². The van der Waals surface area contributed by atoms with Crippen LogP contribution in [0, 0.1) is 13.8 Å². The zero-order valence-electron chi connectivity index (χ0n) is 13.2. The number of hydrogen-bond donors (Lipinski definition) is 0. The molecule has 0 radical (unpaired) electrons. The van der Waals surface area contributed by atoms with Gasteiger partial charge in [-0.25, -0.2) is 9.97 Å². The molecule has 2 aromatic carbocycles. The lowest BCUT2D eigenvalue weighted by Crippen LogP contribution is -2.11. The van der Waals surface area contributed by atoms with Gasteiger partial charge in [0, 0.05) is 0 Å². The van der Waals surface area contributed by atoms with Crippen LogP contribution >= 0.6 is 0 Å². The van der Waals surface area contributed by atoms with Crippen molar-refractivity contribution in [3.8, 4) is 0 Å². The van der Waals surface area contributed by atoms with Crippen LogP contribution < -0.4 is 0 Å². The summed E-state index contributed by atoms with van der Waals surface area (Å²) in [5.41, 5.74) is 5.21. The van der Waals surface area contributed by atoms with Gasteiger partial charge < -0.3 is 4.74 Å². The van der Waals surface area contributed by atoms with E-state index in [4.69, 9.17) is 4.74 Å². The van der Waals surface area contributed by atoms with Crippen molar-refractivity contribution in [1.29, 1.82) is 0 Å². The molecule has 0 N–H and O–H groups in total. The van der Waals surface area contributed by atoms with E-state index in [0.29, 0.717) is 5.69 Å². The number of hydrogen-bond acceptors (Lipinski definition) is 4. The summed E-state index contributed by atoms with van der Waals surface area (Å²) in [7, 11) is 0. The number of carbonyl (C=O) groups is 1. The number of para-hydroxylation sites is 2. The van der Waals surface area contributed by atoms with Crippen molar-refractivity contribution in [2.24, 2.45) is 0 Å². The summed E-state index contributed by atoms with van der Waals surface area (Å²) in [6.45, 7) is 4.01. The molecule has 0 amide bonds. The Hall–Kier alpha value is -2.75. The average Bonchev–Trinajstić information content (AvgIpc) is 2.55. The molecule has 0 fully saturated rings. The van der Waals surface area contributed by atoms with E-state index in [0.717, 1.165) is 27.9 Å². The van der Waals surface area contributed by atoms with E-state index in [1.54, 1.807) is 0 Å². The maximum atomic E-state index is 12.0. The summed E-state index contributed by atoms with van der Waals surface area (Å²) in [5, 5.41) is 0. The standard InChI is InChI=1S/C19H18N2O2/c1-13-7-3-4-8-15(13)11-19(22)23-12-18-14(2)20-16-9-5-6-10-17(16)21-18/h3-10H,11-12H2,1-2H3. The highest BCUT2D eigenvalue weighted by molar-refractivity contribution is 5.75. The van der Waals surface area contributed by atoms with Crippen LogP contribution in [-0.2, 0) is 22.6 Å². The molecule has 0 saturated carbocycles. The molecule has 0 bridgehead atoms. The second-order valence-electron chi connectivity index (χ2n) is 5.51. The average molecular weight is 306 g/mol. The maximum absolute atomic E-state index is 12.0. The van der Waals surface area contributed by atoms with E-state index in [9.17, 15) is 4.79 Å². The lowest BCUT2D eigenvalue weighted by atomic mass is 10.1. The van der Waals surface area contributed by atoms with E-state index in [2.05, 4.69) is 9.97 Å². The van der Waals surface area contributed by atoms with Gasteiger partial charge in [0.15, 0.2) is 0 Å². The Bertz CT molecular complexity index is 859. The molecule has 3 rings (SSSR count). The van der Waals surface area contributed by atoms with Crippen molar-refractivity contribution in [2.75, 3.05) is 0 Å². The molecule has 0 unspecified atom stereocenters. The van der Waals surface area contributed by atoms with E-state index < -0.39 is 0 Å². The van der Waals surface area contributed by atoms with Gasteiger partial charge >= 0.3 is 5.97 Å². The molecule has 0 aliphatic carbocycles. The summed E-state index contributed by atoms with van der Waals surface area (Å²) in [4.78, 5) is 21.1. The smallest absolute Gasteiger partial charge is 0.310 e. The molecule has 0 aliphatic heterocycles. The van der Waals surface area contributed by atoms with E-state index in [-0.39, 0.29) is 19.0 Å². The van der Waals surface area contributed by atoms with Crippen molar-refractivity contribution < 1.29 is 9.53 Å². The minimum atomic E-state index is -0.256. The van der Waals surface area contributed by atoms with Crippen molar-refractivity contribution in [3.05, 3.63) is 71.0 Å². The molecule has 4 heteroatoms. The molecular weight excluding hydrogens is 288 g/mol. The molecule has 3 aromatic rings. The molecule has 0 saturated heterocycles. The third-order valence-corrected chi connectivity index (χ3v) is 3.81. The fourth-order valence-corrected chi connectivity index (χ4v) is 2.43. The number of esters is 1. The number of nitrogens with zero attached hydrogens (tertiary/aromatic N) is 2. The number of aromatic nitrogens is 2. The van der Waals surface area contributed by atoms with Crippen molar-refractivity contribution in [3.63, 3.8) is 0 Å². The Balaban J connectivity index is 1.69. The first-order valence-electron chi connectivity index (χ1n) is 7.56. The topological polar surface area (TPSA) is 52.1 Å². The van der Waals surface area contributed by atoms with Gasteiger partial charge in [0.25, 0.3) is 0 Å². The highest BCUT2D eigenvalue weighted by Gasteiger charge is 2.10. The predicted octanol–water partition coefficient (Wildman–Crippen LogP) is 3.53. The first-order chi connectivity index (χ1) is 11.1. The summed E-state index contributed by atoms with van der Waals surface area (Å²) < 4.78 is 5.38. The third kappa shape index (κ3) is 3.54. The Morgan fingerprint density at radius 2 is 1.61 bits per heavy atom. The Morgan fingerprint density at radius 1 is 0.957 bits per heavy atom. The first-order valence-corrected chi connectivity index (χ1v) is 7.56. The van der Waals surface area contributed by atoms with Crippen molar-refractivity contribution in [1.82, 2.24) is 9.97 Å². The summed E-state index contributed by atoms with van der Waals surface area (Å²) >= 11 is 0. The number of carbonyl (C=O) groups excluding carboxylic acids is 1. The monoisotopic (exact) mass is 306 g/mol. The number of fused-ring (bicyclic) bond motifs is 1. The van der Waals surface area contributed by atoms with E-state index >= 15 is 0 Å². The molecule has 1 heterocycles. The quantitative estimate of drug-likeness (QED) is 0.692. The highest BCUT2D eigenvalue weighted by atomic mass is 16.5. The van der Waals surface area contributed by atoms with Gasteiger partial charge in [-0.1, -0.05) is 36.4 Å². The molecular formula is C19H18N2O2. The van der Waals surface area contributed by atoms with Gasteiger partial charge in [0.05, 0.1) is 28.8 Å². The van der Waals surface area contributed by atoms with Gasteiger partial charge in [-0.05, 0) is 37.1 Å². The minimum absolute atomic E-state index is 0.147. The first kappa shape index (κ1) is 15.2. The normalized spacial score (nSPS) is 10.7. The number of ether oxygens (including phenoxy) is 1. The molecule has 0 spiro atoms. The zero-order chi connectivity index (χ0) is 16.2. The fraction of sp³-hybridized carbons (Fsp3) is 0.211. The molecule has 1 aromatic heterocycles. The predicted molar refractivity (Wildman–Crippen MR) is 89.0 cm³/mol. The number of aryl methyl sites for hydroxylation is 2. The largest absolute Gasteiger partial charge is 0.459 e. The molecule has 0 atom stereocenters. The molecule has 4 nitrogen and oxygen atoms in total. The lowest BCUT2D eigenvalue weighted by Gasteiger charge is -2.09. The van der Waals surface area contributed by atoms with Crippen LogP contribution in [0.25, 0.3) is 11.0 Å². The van der Waals surface area contributed by atoms with Gasteiger partial charge in [-0.15, -0.1) is 0 Å².